The van der Waals surface area contributed by atoms with E-state index in [1.54, 1.807) is 24.3 Å². The maximum Gasteiger partial charge on any atom is 0.719 e. The van der Waals surface area contributed by atoms with Crippen molar-refractivity contribution in [2.24, 2.45) is 0 Å². The van der Waals surface area contributed by atoms with Gasteiger partial charge in [-0.1, -0.05) is 18.2 Å². The molecule has 0 amide bonds. The Morgan fingerprint density at radius 3 is 2.78 bits per heavy atom. The van der Waals surface area contributed by atoms with Crippen molar-refractivity contribution in [2.45, 2.75) is 0 Å². The van der Waals surface area contributed by atoms with Gasteiger partial charge in [-0.15, -0.1) is 4.89 Å². The van der Waals surface area contributed by atoms with E-state index in [4.69, 9.17) is 10.2 Å². The SMILES string of the molecule is N#Cc1cc(NO[P+](=O)O)n(-c2ccccc2)n1. The first kappa shape index (κ1) is 12.2. The molecule has 1 unspecified atom stereocenters. The molecular weight excluding hydrogens is 255 g/mol. The molecule has 7 nitrogen and oxygen atoms in total. The van der Waals surface area contributed by atoms with Gasteiger partial charge < -0.3 is 0 Å². The number of rotatable bonds is 4. The summed E-state index contributed by atoms with van der Waals surface area (Å²) in [6.07, 6.45) is 0. The van der Waals surface area contributed by atoms with Crippen molar-refractivity contribution in [1.29, 1.82) is 5.26 Å². The van der Waals surface area contributed by atoms with Gasteiger partial charge in [0.2, 0.25) is 0 Å². The molecular formula is C10H8N4O3P+. The number of benzene rings is 1. The summed E-state index contributed by atoms with van der Waals surface area (Å²) in [6.45, 7) is 0. The molecule has 18 heavy (non-hydrogen) atoms. The minimum atomic E-state index is -2.79. The summed E-state index contributed by atoms with van der Waals surface area (Å²) >= 11 is 0. The normalized spacial score (nSPS) is 10.8. The third-order valence-corrected chi connectivity index (χ3v) is 2.30. The summed E-state index contributed by atoms with van der Waals surface area (Å²) in [6, 6.07) is 12.3. The standard InChI is InChI=1S/C10H7N4O3P/c11-7-8-6-10(13-17-18(15)16)14(12-8)9-4-2-1-3-5-9/h1-6,13H/p+1. The molecule has 1 aromatic heterocycles. The average molecular weight is 263 g/mol. The van der Waals surface area contributed by atoms with Gasteiger partial charge in [0.15, 0.2) is 11.5 Å². The van der Waals surface area contributed by atoms with E-state index in [2.05, 4.69) is 15.2 Å². The topological polar surface area (TPSA) is 100 Å². The van der Waals surface area contributed by atoms with Crippen LogP contribution in [0.1, 0.15) is 5.69 Å². The minimum absolute atomic E-state index is 0.165. The molecule has 2 aromatic rings. The fourth-order valence-corrected chi connectivity index (χ4v) is 1.53. The molecule has 1 heterocycles. The second-order valence-corrected chi connectivity index (χ2v) is 3.86. The fourth-order valence-electron chi connectivity index (χ4n) is 1.36. The number of para-hydroxylation sites is 1. The Hall–Kier alpha value is -2.26. The molecule has 0 aliphatic heterocycles. The average Bonchev–Trinajstić information content (AvgIpc) is 2.80. The van der Waals surface area contributed by atoms with Crippen molar-refractivity contribution >= 4 is 14.1 Å². The molecule has 1 atom stereocenters. The van der Waals surface area contributed by atoms with Crippen molar-refractivity contribution in [2.75, 3.05) is 5.48 Å². The van der Waals surface area contributed by atoms with E-state index in [-0.39, 0.29) is 11.5 Å². The third kappa shape index (κ3) is 2.70. The molecule has 8 heteroatoms. The van der Waals surface area contributed by atoms with Crippen LogP contribution >= 0.6 is 8.25 Å². The van der Waals surface area contributed by atoms with E-state index in [1.165, 1.54) is 10.7 Å². The van der Waals surface area contributed by atoms with Gasteiger partial charge >= 0.3 is 8.25 Å². The van der Waals surface area contributed by atoms with Crippen LogP contribution in [0.2, 0.25) is 0 Å². The molecule has 2 N–H and O–H groups in total. The molecule has 1 aromatic carbocycles. The second-order valence-electron chi connectivity index (χ2n) is 3.21. The summed E-state index contributed by atoms with van der Waals surface area (Å²) in [4.78, 5) is 8.57. The van der Waals surface area contributed by atoms with E-state index in [9.17, 15) is 4.57 Å². The Morgan fingerprint density at radius 1 is 1.44 bits per heavy atom. The Kier molecular flexibility index (Phi) is 3.65. The van der Waals surface area contributed by atoms with Gasteiger partial charge in [-0.25, -0.2) is 4.68 Å². The lowest BCUT2D eigenvalue weighted by Gasteiger charge is -2.04. The molecule has 0 saturated carbocycles. The maximum atomic E-state index is 10.5. The molecule has 0 bridgehead atoms. The highest BCUT2D eigenvalue weighted by atomic mass is 31.1. The molecule has 0 aliphatic carbocycles. The molecule has 0 fully saturated rings. The van der Waals surface area contributed by atoms with E-state index >= 15 is 0 Å². The highest BCUT2D eigenvalue weighted by Gasteiger charge is 2.16. The summed E-state index contributed by atoms with van der Waals surface area (Å²) < 4.78 is 16.3. The lowest BCUT2D eigenvalue weighted by molar-refractivity contribution is 0.336. The van der Waals surface area contributed by atoms with E-state index in [0.29, 0.717) is 5.69 Å². The Balaban J connectivity index is 2.37. The molecule has 0 radical (unpaired) electrons. The van der Waals surface area contributed by atoms with Crippen LogP contribution in [0.5, 0.6) is 0 Å². The van der Waals surface area contributed by atoms with Crippen LogP contribution in [0, 0.1) is 11.3 Å². The van der Waals surface area contributed by atoms with Crippen LogP contribution in [-0.2, 0) is 9.19 Å². The van der Waals surface area contributed by atoms with Gasteiger partial charge in [-0.2, -0.15) is 15.8 Å². The zero-order valence-electron chi connectivity index (χ0n) is 9.02. The zero-order chi connectivity index (χ0) is 13.0. The van der Waals surface area contributed by atoms with Gasteiger partial charge in [0.05, 0.1) is 5.69 Å². The van der Waals surface area contributed by atoms with Crippen LogP contribution in [0.3, 0.4) is 0 Å². The Morgan fingerprint density at radius 2 is 2.17 bits per heavy atom. The lowest BCUT2D eigenvalue weighted by atomic mass is 10.3. The van der Waals surface area contributed by atoms with Crippen molar-refractivity contribution in [3.05, 3.63) is 42.1 Å². The maximum absolute atomic E-state index is 10.5. The third-order valence-electron chi connectivity index (χ3n) is 2.05. The highest BCUT2D eigenvalue weighted by molar-refractivity contribution is 7.32. The smallest absolute Gasteiger partial charge is 0.214 e. The zero-order valence-corrected chi connectivity index (χ0v) is 9.91. The van der Waals surface area contributed by atoms with Crippen LogP contribution in [0.15, 0.2) is 36.4 Å². The summed E-state index contributed by atoms with van der Waals surface area (Å²) in [5.74, 6) is 0.287. The first-order valence-electron chi connectivity index (χ1n) is 4.85. The monoisotopic (exact) mass is 263 g/mol. The predicted molar refractivity (Wildman–Crippen MR) is 62.8 cm³/mol. The molecule has 0 spiro atoms. The van der Waals surface area contributed by atoms with Crippen LogP contribution in [-0.4, -0.2) is 14.7 Å². The summed E-state index contributed by atoms with van der Waals surface area (Å²) in [7, 11) is -2.79. The number of anilines is 1. The molecule has 90 valence electrons. The number of aromatic nitrogens is 2. The van der Waals surface area contributed by atoms with Crippen molar-refractivity contribution < 1.29 is 14.1 Å². The highest BCUT2D eigenvalue weighted by Crippen LogP contribution is 2.21. The van der Waals surface area contributed by atoms with Crippen LogP contribution in [0.4, 0.5) is 5.82 Å². The summed E-state index contributed by atoms with van der Waals surface area (Å²) in [5.41, 5.74) is 3.14. The minimum Gasteiger partial charge on any atom is -0.214 e. The van der Waals surface area contributed by atoms with E-state index in [1.807, 2.05) is 12.1 Å². The van der Waals surface area contributed by atoms with Gasteiger partial charge in [0.1, 0.15) is 6.07 Å². The fraction of sp³-hybridized carbons (Fsp3) is 0. The van der Waals surface area contributed by atoms with Crippen molar-refractivity contribution in [3.63, 3.8) is 0 Å². The van der Waals surface area contributed by atoms with Gasteiger partial charge in [-0.05, 0) is 12.1 Å². The largest absolute Gasteiger partial charge is 0.719 e. The lowest BCUT2D eigenvalue weighted by Crippen LogP contribution is -2.04. The van der Waals surface area contributed by atoms with Crippen LogP contribution < -0.4 is 5.48 Å². The quantitative estimate of drug-likeness (QED) is 0.643. The first-order chi connectivity index (χ1) is 8.70. The van der Waals surface area contributed by atoms with E-state index < -0.39 is 8.25 Å². The number of nitrogens with zero attached hydrogens (tertiary/aromatic N) is 3. The predicted octanol–water partition coefficient (Wildman–Crippen LogP) is 1.74. The van der Waals surface area contributed by atoms with Gasteiger partial charge in [0.25, 0.3) is 0 Å². The Bertz CT molecular complexity index is 605. The van der Waals surface area contributed by atoms with Gasteiger partial charge in [-0.3, -0.25) is 0 Å². The Labute approximate surface area is 103 Å². The number of nitriles is 1. The van der Waals surface area contributed by atoms with Crippen LogP contribution in [0.25, 0.3) is 5.69 Å². The van der Waals surface area contributed by atoms with Gasteiger partial charge in [0, 0.05) is 15.3 Å². The molecule has 0 saturated heterocycles. The second kappa shape index (κ2) is 5.38. The number of nitrogens with one attached hydrogen (secondary N) is 1. The molecule has 2 rings (SSSR count). The number of hydrogen-bond acceptors (Lipinski definition) is 5. The molecule has 0 aliphatic rings. The number of hydrogen-bond donors (Lipinski definition) is 2. The van der Waals surface area contributed by atoms with Crippen molar-refractivity contribution in [1.82, 2.24) is 9.78 Å². The van der Waals surface area contributed by atoms with Crippen molar-refractivity contribution in [3.8, 4) is 11.8 Å². The van der Waals surface area contributed by atoms with E-state index in [0.717, 1.165) is 0 Å². The summed E-state index contributed by atoms with van der Waals surface area (Å²) in [5, 5.41) is 12.8. The first-order valence-corrected chi connectivity index (χ1v) is 5.98.